The van der Waals surface area contributed by atoms with Crippen LogP contribution in [0.4, 0.5) is 4.39 Å². The molecule has 1 saturated heterocycles. The number of halogens is 1. The first-order valence-corrected chi connectivity index (χ1v) is 10.8. The lowest BCUT2D eigenvalue weighted by molar-refractivity contribution is -0.141. The third-order valence-corrected chi connectivity index (χ3v) is 6.29. The Kier molecular flexibility index (Phi) is 6.52. The van der Waals surface area contributed by atoms with Gasteiger partial charge in [0.1, 0.15) is 18.7 Å². The summed E-state index contributed by atoms with van der Waals surface area (Å²) in [5.41, 5.74) is 1.38. The number of methoxy groups -OCH3 is 1. The summed E-state index contributed by atoms with van der Waals surface area (Å²) in [5, 5.41) is 4.28. The maximum atomic E-state index is 14.6. The zero-order valence-electron chi connectivity index (χ0n) is 17.3. The van der Waals surface area contributed by atoms with Gasteiger partial charge in [0.2, 0.25) is 0 Å². The van der Waals surface area contributed by atoms with E-state index in [2.05, 4.69) is 14.8 Å². The molecule has 31 heavy (non-hydrogen) atoms. The summed E-state index contributed by atoms with van der Waals surface area (Å²) in [6.45, 7) is 1.10. The van der Waals surface area contributed by atoms with Gasteiger partial charge in [-0.3, -0.25) is 14.5 Å². The first-order chi connectivity index (χ1) is 15.0. The first-order valence-electron chi connectivity index (χ1n) is 10.3. The van der Waals surface area contributed by atoms with Crippen molar-refractivity contribution >= 4 is 30.5 Å². The quantitative estimate of drug-likeness (QED) is 0.523. The van der Waals surface area contributed by atoms with E-state index in [1.165, 1.54) is 24.2 Å². The minimum absolute atomic E-state index is 0.0129. The van der Waals surface area contributed by atoms with E-state index < -0.39 is 12.0 Å². The summed E-state index contributed by atoms with van der Waals surface area (Å²) >= 11 is 4.70. The summed E-state index contributed by atoms with van der Waals surface area (Å²) in [6, 6.07) is 5.91. The standard InChI is InChI=1S/C22H25FN4O3S/c1-30-20(28)12-27-13-24-19(25-27)10-15-11-26(9-8-18(15)31)21(22(29)14-6-7-14)16-4-2-3-5-17(16)23/h2-5,10,13-14,18,21,31H,6-9,11-12H2,1H3/b15-10-. The number of ether oxygens (including phenoxy) is 1. The molecule has 2 aromatic rings. The molecular weight excluding hydrogens is 419 g/mol. The Hall–Kier alpha value is -2.52. The highest BCUT2D eigenvalue weighted by atomic mass is 32.1. The number of likely N-dealkylation sites (tertiary alicyclic amines) is 1. The molecule has 0 radical (unpaired) electrons. The number of carbonyl (C=O) groups excluding carboxylic acids is 2. The Morgan fingerprint density at radius 1 is 1.32 bits per heavy atom. The lowest BCUT2D eigenvalue weighted by Crippen LogP contribution is -2.42. The number of aromatic nitrogens is 3. The molecule has 1 aliphatic heterocycles. The van der Waals surface area contributed by atoms with Crippen LogP contribution in [0.15, 0.2) is 36.2 Å². The fraction of sp³-hybridized carbons (Fsp3) is 0.455. The van der Waals surface area contributed by atoms with Crippen molar-refractivity contribution in [2.45, 2.75) is 37.1 Å². The van der Waals surface area contributed by atoms with Crippen LogP contribution in [0.1, 0.15) is 36.7 Å². The van der Waals surface area contributed by atoms with Crippen molar-refractivity contribution in [3.8, 4) is 0 Å². The lowest BCUT2D eigenvalue weighted by Gasteiger charge is -2.37. The van der Waals surface area contributed by atoms with Crippen molar-refractivity contribution in [1.82, 2.24) is 19.7 Å². The number of hydrogen-bond acceptors (Lipinski definition) is 7. The Balaban J connectivity index is 1.58. The number of carbonyl (C=O) groups is 2. The van der Waals surface area contributed by atoms with Crippen molar-refractivity contribution in [1.29, 1.82) is 0 Å². The Bertz CT molecular complexity index is 1000. The number of hydrogen-bond donors (Lipinski definition) is 1. The van der Waals surface area contributed by atoms with Crippen molar-refractivity contribution in [2.75, 3.05) is 20.2 Å². The third-order valence-electron chi connectivity index (χ3n) is 5.71. The number of esters is 1. The predicted molar refractivity (Wildman–Crippen MR) is 116 cm³/mol. The van der Waals surface area contributed by atoms with E-state index in [1.807, 2.05) is 11.0 Å². The SMILES string of the molecule is COC(=O)Cn1cnc(/C=C2/CN(C(C(=O)C3CC3)c3ccccc3F)CCC2S)n1. The summed E-state index contributed by atoms with van der Waals surface area (Å²) in [7, 11) is 1.32. The van der Waals surface area contributed by atoms with Crippen LogP contribution < -0.4 is 0 Å². The number of nitrogens with zero attached hydrogens (tertiary/aromatic N) is 4. The van der Waals surface area contributed by atoms with Crippen LogP contribution in [-0.2, 0) is 20.9 Å². The smallest absolute Gasteiger partial charge is 0.327 e. The molecule has 2 aliphatic rings. The normalized spacial score (nSPS) is 21.8. The molecule has 0 N–H and O–H groups in total. The van der Waals surface area contributed by atoms with Gasteiger partial charge in [-0.05, 0) is 37.0 Å². The molecule has 0 bridgehead atoms. The average molecular weight is 445 g/mol. The topological polar surface area (TPSA) is 77.3 Å². The van der Waals surface area contributed by atoms with Gasteiger partial charge >= 0.3 is 5.97 Å². The molecule has 2 fully saturated rings. The van der Waals surface area contributed by atoms with Crippen LogP contribution >= 0.6 is 12.6 Å². The van der Waals surface area contributed by atoms with E-state index in [0.29, 0.717) is 24.5 Å². The summed E-state index contributed by atoms with van der Waals surface area (Å²) in [6.07, 6.45) is 5.77. The van der Waals surface area contributed by atoms with Crippen LogP contribution in [0, 0.1) is 11.7 Å². The highest BCUT2D eigenvalue weighted by molar-refractivity contribution is 7.81. The van der Waals surface area contributed by atoms with Gasteiger partial charge in [0.25, 0.3) is 0 Å². The van der Waals surface area contributed by atoms with Crippen LogP contribution in [0.5, 0.6) is 0 Å². The molecule has 9 heteroatoms. The van der Waals surface area contributed by atoms with E-state index in [1.54, 1.807) is 18.2 Å². The second kappa shape index (κ2) is 9.32. The van der Waals surface area contributed by atoms with E-state index in [9.17, 15) is 14.0 Å². The van der Waals surface area contributed by atoms with E-state index >= 15 is 0 Å². The molecule has 1 aromatic carbocycles. The predicted octanol–water partition coefficient (Wildman–Crippen LogP) is 2.70. The van der Waals surface area contributed by atoms with Gasteiger partial charge < -0.3 is 4.74 Å². The van der Waals surface area contributed by atoms with Gasteiger partial charge in [0.05, 0.1) is 13.2 Å². The number of rotatable bonds is 7. The van der Waals surface area contributed by atoms with Gasteiger partial charge in [-0.25, -0.2) is 14.1 Å². The summed E-state index contributed by atoms with van der Waals surface area (Å²) in [4.78, 5) is 30.8. The highest BCUT2D eigenvalue weighted by Crippen LogP contribution is 2.39. The molecule has 4 rings (SSSR count). The fourth-order valence-electron chi connectivity index (χ4n) is 3.89. The maximum absolute atomic E-state index is 14.6. The molecule has 164 valence electrons. The molecule has 2 atom stereocenters. The molecule has 2 heterocycles. The van der Waals surface area contributed by atoms with Crippen LogP contribution in [0.3, 0.4) is 0 Å². The van der Waals surface area contributed by atoms with E-state index in [4.69, 9.17) is 12.6 Å². The Morgan fingerprint density at radius 3 is 2.81 bits per heavy atom. The summed E-state index contributed by atoms with van der Waals surface area (Å²) < 4.78 is 20.7. The van der Waals surface area contributed by atoms with E-state index in [-0.39, 0.29) is 29.3 Å². The average Bonchev–Trinajstić information content (AvgIpc) is 3.53. The minimum atomic E-state index is -0.609. The van der Waals surface area contributed by atoms with Crippen LogP contribution in [0.25, 0.3) is 6.08 Å². The number of thiol groups is 1. The molecule has 2 unspecified atom stereocenters. The minimum Gasteiger partial charge on any atom is -0.468 e. The molecule has 1 aromatic heterocycles. The first kappa shape index (κ1) is 21.7. The second-order valence-corrected chi connectivity index (χ2v) is 8.59. The van der Waals surface area contributed by atoms with Crippen molar-refractivity contribution < 1.29 is 18.7 Å². The number of Topliss-reactive ketones (excluding diaryl/α,β-unsaturated/α-hetero) is 1. The molecular formula is C22H25FN4O3S. The second-order valence-electron chi connectivity index (χ2n) is 7.97. The zero-order chi connectivity index (χ0) is 22.0. The van der Waals surface area contributed by atoms with Crippen molar-refractivity contribution in [2.24, 2.45) is 5.92 Å². The zero-order valence-corrected chi connectivity index (χ0v) is 18.2. The highest BCUT2D eigenvalue weighted by Gasteiger charge is 2.40. The molecule has 1 saturated carbocycles. The largest absolute Gasteiger partial charge is 0.468 e. The molecule has 0 amide bonds. The van der Waals surface area contributed by atoms with Gasteiger partial charge in [0, 0.05) is 29.8 Å². The number of ketones is 1. The Labute approximate surface area is 185 Å². The maximum Gasteiger partial charge on any atom is 0.327 e. The lowest BCUT2D eigenvalue weighted by atomic mass is 9.93. The summed E-state index contributed by atoms with van der Waals surface area (Å²) in [5.74, 6) is -0.214. The van der Waals surface area contributed by atoms with Crippen molar-refractivity contribution in [3.63, 3.8) is 0 Å². The number of piperidine rings is 1. The molecule has 0 spiro atoms. The van der Waals surface area contributed by atoms with Gasteiger partial charge in [-0.2, -0.15) is 17.7 Å². The Morgan fingerprint density at radius 2 is 2.10 bits per heavy atom. The van der Waals surface area contributed by atoms with Crippen LogP contribution in [-0.4, -0.2) is 56.9 Å². The third kappa shape index (κ3) is 5.04. The number of benzene rings is 1. The van der Waals surface area contributed by atoms with E-state index in [0.717, 1.165) is 24.8 Å². The van der Waals surface area contributed by atoms with Gasteiger partial charge in [-0.1, -0.05) is 18.2 Å². The van der Waals surface area contributed by atoms with Crippen LogP contribution in [0.2, 0.25) is 0 Å². The van der Waals surface area contributed by atoms with Crippen molar-refractivity contribution in [3.05, 3.63) is 53.4 Å². The monoisotopic (exact) mass is 444 g/mol. The fourth-order valence-corrected chi connectivity index (χ4v) is 4.16. The molecule has 7 nitrogen and oxygen atoms in total. The van der Waals surface area contributed by atoms with Gasteiger partial charge in [0.15, 0.2) is 11.6 Å². The molecule has 1 aliphatic carbocycles. The van der Waals surface area contributed by atoms with Gasteiger partial charge in [-0.15, -0.1) is 0 Å².